The molecule has 0 spiro atoms. The van der Waals surface area contributed by atoms with Crippen LogP contribution < -0.4 is 9.47 Å². The minimum Gasteiger partial charge on any atom is -0.497 e. The van der Waals surface area contributed by atoms with Crippen molar-refractivity contribution in [1.82, 2.24) is 9.97 Å². The Labute approximate surface area is 121 Å². The van der Waals surface area contributed by atoms with Gasteiger partial charge in [-0.15, -0.1) is 11.3 Å². The quantitative estimate of drug-likeness (QED) is 0.735. The third kappa shape index (κ3) is 2.58. The highest BCUT2D eigenvalue weighted by Crippen LogP contribution is 2.30. The third-order valence-electron chi connectivity index (χ3n) is 2.94. The van der Waals surface area contributed by atoms with Gasteiger partial charge in [0.1, 0.15) is 23.4 Å². The first kappa shape index (κ1) is 12.9. The molecule has 2 aromatic heterocycles. The molecule has 3 aromatic rings. The molecule has 4 nitrogen and oxygen atoms in total. The number of nitrogens with zero attached hydrogens (tertiary/aromatic N) is 2. The van der Waals surface area contributed by atoms with Crippen molar-refractivity contribution in [3.63, 3.8) is 0 Å². The third-order valence-corrected chi connectivity index (χ3v) is 3.96. The van der Waals surface area contributed by atoms with Crippen molar-refractivity contribution in [2.24, 2.45) is 0 Å². The number of aryl methyl sites for hydroxylation is 1. The van der Waals surface area contributed by atoms with E-state index in [0.717, 1.165) is 21.5 Å². The summed E-state index contributed by atoms with van der Waals surface area (Å²) in [6.45, 7) is 2.53. The number of aromatic nitrogens is 2. The fourth-order valence-corrected chi connectivity index (χ4v) is 2.84. The van der Waals surface area contributed by atoms with Crippen LogP contribution in [0.4, 0.5) is 0 Å². The molecule has 20 heavy (non-hydrogen) atoms. The Balaban J connectivity index is 1.79. The molecule has 0 saturated heterocycles. The van der Waals surface area contributed by atoms with Gasteiger partial charge in [-0.3, -0.25) is 0 Å². The zero-order valence-electron chi connectivity index (χ0n) is 11.3. The second kappa shape index (κ2) is 5.46. The first-order valence-electron chi connectivity index (χ1n) is 6.23. The van der Waals surface area contributed by atoms with Crippen molar-refractivity contribution in [3.8, 4) is 11.6 Å². The SMILES string of the molecule is COc1ccc(COc2ncnc3cc(C)sc23)cc1. The lowest BCUT2D eigenvalue weighted by atomic mass is 10.2. The molecule has 3 rings (SSSR count). The summed E-state index contributed by atoms with van der Waals surface area (Å²) in [5, 5.41) is 0. The van der Waals surface area contributed by atoms with E-state index in [1.165, 1.54) is 11.2 Å². The number of rotatable bonds is 4. The summed E-state index contributed by atoms with van der Waals surface area (Å²) in [4.78, 5) is 9.67. The molecular formula is C15H14N2O2S. The molecule has 0 saturated carbocycles. The van der Waals surface area contributed by atoms with E-state index in [-0.39, 0.29) is 0 Å². The van der Waals surface area contributed by atoms with E-state index in [2.05, 4.69) is 16.9 Å². The summed E-state index contributed by atoms with van der Waals surface area (Å²) < 4.78 is 11.9. The topological polar surface area (TPSA) is 44.2 Å². The van der Waals surface area contributed by atoms with Crippen LogP contribution in [0.1, 0.15) is 10.4 Å². The standard InChI is InChI=1S/C15H14N2O2S/c1-10-7-13-14(20-10)15(17-9-16-13)19-8-11-3-5-12(18-2)6-4-11/h3-7,9H,8H2,1-2H3. The number of hydrogen-bond acceptors (Lipinski definition) is 5. The molecule has 0 aliphatic carbocycles. The molecule has 0 amide bonds. The van der Waals surface area contributed by atoms with Crippen LogP contribution in [0.25, 0.3) is 10.2 Å². The maximum Gasteiger partial charge on any atom is 0.235 e. The Morgan fingerprint density at radius 2 is 1.95 bits per heavy atom. The summed E-state index contributed by atoms with van der Waals surface area (Å²) in [7, 11) is 1.66. The van der Waals surface area contributed by atoms with Gasteiger partial charge in [0, 0.05) is 4.88 Å². The van der Waals surface area contributed by atoms with Gasteiger partial charge >= 0.3 is 0 Å². The fraction of sp³-hybridized carbons (Fsp3) is 0.200. The molecule has 0 atom stereocenters. The molecular weight excluding hydrogens is 272 g/mol. The number of hydrogen-bond donors (Lipinski definition) is 0. The fourth-order valence-electron chi connectivity index (χ4n) is 1.93. The van der Waals surface area contributed by atoms with Crippen LogP contribution in [0, 0.1) is 6.92 Å². The molecule has 102 valence electrons. The van der Waals surface area contributed by atoms with E-state index in [4.69, 9.17) is 9.47 Å². The van der Waals surface area contributed by atoms with E-state index in [0.29, 0.717) is 12.5 Å². The van der Waals surface area contributed by atoms with Crippen LogP contribution in [0.3, 0.4) is 0 Å². The summed E-state index contributed by atoms with van der Waals surface area (Å²) >= 11 is 1.65. The van der Waals surface area contributed by atoms with Crippen molar-refractivity contribution in [1.29, 1.82) is 0 Å². The van der Waals surface area contributed by atoms with E-state index < -0.39 is 0 Å². The molecule has 0 N–H and O–H groups in total. The van der Waals surface area contributed by atoms with Gasteiger partial charge < -0.3 is 9.47 Å². The zero-order chi connectivity index (χ0) is 13.9. The lowest BCUT2D eigenvalue weighted by molar-refractivity contribution is 0.298. The Kier molecular flexibility index (Phi) is 3.52. The normalized spacial score (nSPS) is 10.7. The molecule has 0 aliphatic rings. The molecule has 0 aliphatic heterocycles. The Morgan fingerprint density at radius 1 is 1.15 bits per heavy atom. The first-order valence-corrected chi connectivity index (χ1v) is 7.05. The van der Waals surface area contributed by atoms with Crippen LogP contribution in [0.15, 0.2) is 36.7 Å². The molecule has 5 heteroatoms. The highest BCUT2D eigenvalue weighted by atomic mass is 32.1. The van der Waals surface area contributed by atoms with Gasteiger partial charge in [-0.25, -0.2) is 9.97 Å². The largest absolute Gasteiger partial charge is 0.497 e. The van der Waals surface area contributed by atoms with Crippen molar-refractivity contribution in [2.45, 2.75) is 13.5 Å². The molecule has 1 aromatic carbocycles. The molecule has 0 radical (unpaired) electrons. The Bertz CT molecular complexity index is 722. The monoisotopic (exact) mass is 286 g/mol. The minimum absolute atomic E-state index is 0.479. The first-order chi connectivity index (χ1) is 9.76. The molecule has 0 bridgehead atoms. The van der Waals surface area contributed by atoms with Crippen molar-refractivity contribution in [3.05, 3.63) is 47.1 Å². The second-order valence-corrected chi connectivity index (χ2v) is 5.64. The van der Waals surface area contributed by atoms with Gasteiger partial charge in [-0.1, -0.05) is 12.1 Å². The van der Waals surface area contributed by atoms with Crippen LogP contribution in [-0.4, -0.2) is 17.1 Å². The van der Waals surface area contributed by atoms with Gasteiger partial charge in [0.25, 0.3) is 0 Å². The maximum absolute atomic E-state index is 5.81. The molecule has 0 unspecified atom stereocenters. The average molecular weight is 286 g/mol. The summed E-state index contributed by atoms with van der Waals surface area (Å²) in [5.41, 5.74) is 2.01. The smallest absolute Gasteiger partial charge is 0.235 e. The maximum atomic E-state index is 5.81. The number of ether oxygens (including phenoxy) is 2. The van der Waals surface area contributed by atoms with Crippen LogP contribution in [0.2, 0.25) is 0 Å². The summed E-state index contributed by atoms with van der Waals surface area (Å²) in [6, 6.07) is 9.85. The Morgan fingerprint density at radius 3 is 2.70 bits per heavy atom. The highest BCUT2D eigenvalue weighted by Gasteiger charge is 2.08. The van der Waals surface area contributed by atoms with Crippen molar-refractivity contribution >= 4 is 21.6 Å². The Hall–Kier alpha value is -2.14. The summed E-state index contributed by atoms with van der Waals surface area (Å²) in [5.74, 6) is 1.48. The van der Waals surface area contributed by atoms with Gasteiger partial charge in [0.2, 0.25) is 5.88 Å². The van der Waals surface area contributed by atoms with Gasteiger partial charge in [-0.05, 0) is 30.7 Å². The van der Waals surface area contributed by atoms with Crippen molar-refractivity contribution in [2.75, 3.05) is 7.11 Å². The minimum atomic E-state index is 0.479. The van der Waals surface area contributed by atoms with Crippen LogP contribution in [0.5, 0.6) is 11.6 Å². The number of methoxy groups -OCH3 is 1. The lowest BCUT2D eigenvalue weighted by Crippen LogP contribution is -1.97. The predicted molar refractivity (Wildman–Crippen MR) is 79.5 cm³/mol. The van der Waals surface area contributed by atoms with Gasteiger partial charge in [0.15, 0.2) is 0 Å². The van der Waals surface area contributed by atoms with E-state index in [9.17, 15) is 0 Å². The molecule has 0 fully saturated rings. The van der Waals surface area contributed by atoms with Crippen molar-refractivity contribution < 1.29 is 9.47 Å². The van der Waals surface area contributed by atoms with Gasteiger partial charge in [0.05, 0.1) is 12.6 Å². The second-order valence-electron chi connectivity index (χ2n) is 4.39. The number of fused-ring (bicyclic) bond motifs is 1. The molecule has 2 heterocycles. The van der Waals surface area contributed by atoms with Gasteiger partial charge in [-0.2, -0.15) is 0 Å². The predicted octanol–water partition coefficient (Wildman–Crippen LogP) is 3.59. The lowest BCUT2D eigenvalue weighted by Gasteiger charge is -2.06. The number of benzene rings is 1. The number of thiophene rings is 1. The highest BCUT2D eigenvalue weighted by molar-refractivity contribution is 7.19. The average Bonchev–Trinajstić information content (AvgIpc) is 2.86. The van der Waals surface area contributed by atoms with E-state index >= 15 is 0 Å². The van der Waals surface area contributed by atoms with Crippen LogP contribution in [-0.2, 0) is 6.61 Å². The zero-order valence-corrected chi connectivity index (χ0v) is 12.1. The van der Waals surface area contributed by atoms with E-state index in [1.807, 2.05) is 30.3 Å². The van der Waals surface area contributed by atoms with E-state index in [1.54, 1.807) is 18.4 Å². The summed E-state index contributed by atoms with van der Waals surface area (Å²) in [6.07, 6.45) is 1.54. The van der Waals surface area contributed by atoms with Crippen LogP contribution >= 0.6 is 11.3 Å².